The number of fused-ring (bicyclic) bond motifs is 1. The summed E-state index contributed by atoms with van der Waals surface area (Å²) in [5.74, 6) is 0.0487. The van der Waals surface area contributed by atoms with Gasteiger partial charge in [0, 0.05) is 24.2 Å². The molecule has 0 aliphatic carbocycles. The number of nitrogens with zero attached hydrogens (tertiary/aromatic N) is 4. The van der Waals surface area contributed by atoms with Crippen LogP contribution in [0.2, 0.25) is 0 Å². The summed E-state index contributed by atoms with van der Waals surface area (Å²) in [5.41, 5.74) is 3.83. The topological polar surface area (TPSA) is 123 Å². The first-order valence-corrected chi connectivity index (χ1v) is 16.6. The van der Waals surface area contributed by atoms with Crippen molar-refractivity contribution in [2.24, 2.45) is 4.99 Å². The van der Waals surface area contributed by atoms with Crippen molar-refractivity contribution >= 4 is 29.4 Å². The molecule has 0 spiro atoms. The quantitative estimate of drug-likeness (QED) is 0.106. The molecule has 1 aliphatic heterocycles. The molecule has 1 aliphatic rings. The Morgan fingerprint density at radius 3 is 2.48 bits per heavy atom. The molecule has 0 saturated heterocycles. The van der Waals surface area contributed by atoms with Crippen molar-refractivity contribution in [2.45, 2.75) is 26.8 Å². The molecule has 0 bridgehead atoms. The lowest BCUT2D eigenvalue weighted by Crippen LogP contribution is -2.40. The average molecular weight is 691 g/mol. The highest BCUT2D eigenvalue weighted by Gasteiger charge is 2.34. The molecule has 0 fully saturated rings. The van der Waals surface area contributed by atoms with Crippen LogP contribution >= 0.6 is 11.3 Å². The number of ether oxygens (including phenoxy) is 4. The maximum absolute atomic E-state index is 14.4. The highest BCUT2D eigenvalue weighted by Crippen LogP contribution is 2.36. The van der Waals surface area contributed by atoms with Crippen molar-refractivity contribution in [3.8, 4) is 34.2 Å². The Kier molecular flexibility index (Phi) is 9.91. The second-order valence-electron chi connectivity index (χ2n) is 11.1. The molecule has 6 rings (SSSR count). The second-order valence-corrected chi connectivity index (χ2v) is 12.2. The molecular weight excluding hydrogens is 657 g/mol. The summed E-state index contributed by atoms with van der Waals surface area (Å²) < 4.78 is 25.6. The zero-order valence-electron chi connectivity index (χ0n) is 27.9. The van der Waals surface area contributed by atoms with E-state index < -0.39 is 18.0 Å². The first-order chi connectivity index (χ1) is 24.2. The summed E-state index contributed by atoms with van der Waals surface area (Å²) in [6.45, 7) is 8.94. The minimum absolute atomic E-state index is 0.136. The van der Waals surface area contributed by atoms with Gasteiger partial charge in [0.15, 0.2) is 16.3 Å². The molecule has 12 heteroatoms. The van der Waals surface area contributed by atoms with Crippen LogP contribution in [0, 0.1) is 0 Å². The summed E-state index contributed by atoms with van der Waals surface area (Å²) >= 11 is 1.20. The number of carbonyl (C=O) groups is 2. The smallest absolute Gasteiger partial charge is 0.338 e. The molecule has 0 N–H and O–H groups in total. The Bertz CT molecular complexity index is 2300. The van der Waals surface area contributed by atoms with Crippen molar-refractivity contribution in [3.63, 3.8) is 0 Å². The summed E-state index contributed by atoms with van der Waals surface area (Å²) in [6.07, 6.45) is 5.34. The van der Waals surface area contributed by atoms with Crippen molar-refractivity contribution in [1.29, 1.82) is 0 Å². The number of carbonyl (C=O) groups excluding carboxylic acids is 2. The van der Waals surface area contributed by atoms with E-state index in [1.807, 2.05) is 60.8 Å². The third-order valence-electron chi connectivity index (χ3n) is 7.82. The van der Waals surface area contributed by atoms with Crippen LogP contribution < -0.4 is 29.1 Å². The summed E-state index contributed by atoms with van der Waals surface area (Å²) in [6, 6.07) is 21.2. The number of esters is 2. The summed E-state index contributed by atoms with van der Waals surface area (Å²) in [4.78, 5) is 44.7. The number of allylic oxidation sites excluding steroid dienone is 1. The van der Waals surface area contributed by atoms with E-state index in [0.717, 1.165) is 11.3 Å². The van der Waals surface area contributed by atoms with Gasteiger partial charge < -0.3 is 18.9 Å². The van der Waals surface area contributed by atoms with Gasteiger partial charge in [-0.3, -0.25) is 14.2 Å². The van der Waals surface area contributed by atoms with E-state index in [4.69, 9.17) is 29.0 Å². The van der Waals surface area contributed by atoms with E-state index in [1.165, 1.54) is 29.9 Å². The lowest BCUT2D eigenvalue weighted by molar-refractivity contribution is -0.139. The van der Waals surface area contributed by atoms with Gasteiger partial charge in [-0.1, -0.05) is 48.3 Å². The van der Waals surface area contributed by atoms with Crippen LogP contribution in [0.25, 0.3) is 23.0 Å². The van der Waals surface area contributed by atoms with Crippen molar-refractivity contribution < 1.29 is 28.5 Å². The summed E-state index contributed by atoms with van der Waals surface area (Å²) in [7, 11) is 1.44. The standard InChI is InChI=1S/C38H34N4O7S/c1-6-19-48-29-16-13-25(14-17-29)34-27(22-41(40-34)28-11-9-8-10-12-28)21-32-36(44)42-35(26-15-18-30(49-24(4)43)31(20-26)46-5)33(37(45)47-7-2)23(3)39-38(42)50-32/h6,8-18,20-22,35H,1,7,19H2,2-5H3/b32-21-. The Morgan fingerprint density at radius 2 is 1.80 bits per heavy atom. The predicted octanol–water partition coefficient (Wildman–Crippen LogP) is 5.15. The third-order valence-corrected chi connectivity index (χ3v) is 8.80. The van der Waals surface area contributed by atoms with Crippen LogP contribution in [0.5, 0.6) is 17.2 Å². The van der Waals surface area contributed by atoms with E-state index in [0.29, 0.717) is 44.2 Å². The van der Waals surface area contributed by atoms with Crippen LogP contribution in [0.15, 0.2) is 113 Å². The van der Waals surface area contributed by atoms with Gasteiger partial charge in [-0.2, -0.15) is 5.10 Å². The predicted molar refractivity (Wildman–Crippen MR) is 189 cm³/mol. The van der Waals surface area contributed by atoms with Gasteiger partial charge in [0.05, 0.1) is 41.2 Å². The molecule has 0 amide bonds. The zero-order chi connectivity index (χ0) is 35.4. The number of hydrogen-bond donors (Lipinski definition) is 0. The van der Waals surface area contributed by atoms with Crippen molar-refractivity contribution in [2.75, 3.05) is 20.3 Å². The van der Waals surface area contributed by atoms with E-state index in [-0.39, 0.29) is 29.2 Å². The number of hydrogen-bond acceptors (Lipinski definition) is 10. The fourth-order valence-electron chi connectivity index (χ4n) is 5.64. The molecular formula is C38H34N4O7S. The van der Waals surface area contributed by atoms with Crippen molar-refractivity contribution in [3.05, 3.63) is 134 Å². The minimum atomic E-state index is -0.901. The van der Waals surface area contributed by atoms with Gasteiger partial charge in [-0.15, -0.1) is 0 Å². The minimum Gasteiger partial charge on any atom is -0.493 e. The first kappa shape index (κ1) is 33.9. The number of benzene rings is 3. The Morgan fingerprint density at radius 1 is 1.04 bits per heavy atom. The first-order valence-electron chi connectivity index (χ1n) is 15.8. The Hall–Kier alpha value is -6.01. The molecule has 3 heterocycles. The molecule has 1 unspecified atom stereocenters. The SMILES string of the molecule is C=CCOc1ccc(-c2nn(-c3ccccc3)cc2/C=c2\sc3n(c2=O)C(c2ccc(OC(C)=O)c(OC)c2)C(C(=O)OCC)=C(C)N=3)cc1. The number of para-hydroxylation sites is 1. The maximum atomic E-state index is 14.4. The van der Waals surface area contributed by atoms with E-state index in [2.05, 4.69) is 6.58 Å². The van der Waals surface area contributed by atoms with Gasteiger partial charge in [0.1, 0.15) is 18.1 Å². The highest BCUT2D eigenvalue weighted by molar-refractivity contribution is 7.07. The van der Waals surface area contributed by atoms with Crippen LogP contribution in [0.4, 0.5) is 0 Å². The largest absolute Gasteiger partial charge is 0.493 e. The monoisotopic (exact) mass is 690 g/mol. The molecule has 0 saturated carbocycles. The molecule has 11 nitrogen and oxygen atoms in total. The Labute approximate surface area is 291 Å². The summed E-state index contributed by atoms with van der Waals surface area (Å²) in [5, 5.41) is 4.91. The second kappa shape index (κ2) is 14.6. The lowest BCUT2D eigenvalue weighted by atomic mass is 9.95. The van der Waals surface area contributed by atoms with Crippen LogP contribution in [0.1, 0.15) is 37.9 Å². The van der Waals surface area contributed by atoms with E-state index >= 15 is 0 Å². The maximum Gasteiger partial charge on any atom is 0.338 e. The van der Waals surface area contributed by atoms with Gasteiger partial charge in [-0.05, 0) is 74.0 Å². The number of methoxy groups -OCH3 is 1. The Balaban J connectivity index is 1.53. The van der Waals surface area contributed by atoms with E-state index in [1.54, 1.807) is 48.9 Å². The van der Waals surface area contributed by atoms with Crippen molar-refractivity contribution in [1.82, 2.24) is 14.3 Å². The number of rotatable bonds is 11. The molecule has 2 aromatic heterocycles. The number of aromatic nitrogens is 3. The highest BCUT2D eigenvalue weighted by atomic mass is 32.1. The fraction of sp³-hybridized carbons (Fsp3) is 0.184. The van der Waals surface area contributed by atoms with Gasteiger partial charge in [0.25, 0.3) is 5.56 Å². The van der Waals surface area contributed by atoms with Gasteiger partial charge in [0.2, 0.25) is 0 Å². The van der Waals surface area contributed by atoms with E-state index in [9.17, 15) is 14.4 Å². The van der Waals surface area contributed by atoms with Crippen LogP contribution in [0.3, 0.4) is 0 Å². The molecule has 1 atom stereocenters. The molecule has 5 aromatic rings. The molecule has 0 radical (unpaired) electrons. The molecule has 254 valence electrons. The van der Waals surface area contributed by atoms with Gasteiger partial charge in [-0.25, -0.2) is 14.5 Å². The molecule has 50 heavy (non-hydrogen) atoms. The molecule has 3 aromatic carbocycles. The zero-order valence-corrected chi connectivity index (χ0v) is 28.7. The van der Waals surface area contributed by atoms with Crippen LogP contribution in [-0.4, -0.2) is 46.6 Å². The van der Waals surface area contributed by atoms with Gasteiger partial charge >= 0.3 is 11.9 Å². The third kappa shape index (κ3) is 6.78. The fourth-order valence-corrected chi connectivity index (χ4v) is 6.67. The lowest BCUT2D eigenvalue weighted by Gasteiger charge is -2.25. The number of thiazole rings is 1. The normalized spacial score (nSPS) is 14.1. The van der Waals surface area contributed by atoms with Crippen LogP contribution in [-0.2, 0) is 14.3 Å². The average Bonchev–Trinajstić information content (AvgIpc) is 3.67.